The second kappa shape index (κ2) is 5.21. The first-order valence-electron chi connectivity index (χ1n) is 7.66. The highest BCUT2D eigenvalue weighted by atomic mass is 32.1. The van der Waals surface area contributed by atoms with E-state index < -0.39 is 0 Å². The zero-order valence-electron chi connectivity index (χ0n) is 12.4. The van der Waals surface area contributed by atoms with Crippen LogP contribution in [0.1, 0.15) is 19.3 Å². The van der Waals surface area contributed by atoms with Crippen molar-refractivity contribution in [1.29, 1.82) is 0 Å². The van der Waals surface area contributed by atoms with Gasteiger partial charge in [-0.05, 0) is 49.3 Å². The number of fused-ring (bicyclic) bond motifs is 3. The third kappa shape index (κ3) is 2.18. The molecule has 0 spiro atoms. The van der Waals surface area contributed by atoms with Crippen LogP contribution in [-0.2, 0) is 4.79 Å². The Labute approximate surface area is 132 Å². The molecule has 2 bridgehead atoms. The van der Waals surface area contributed by atoms with E-state index in [2.05, 4.69) is 10.3 Å². The number of amides is 1. The number of nitrogens with two attached hydrogens (primary N) is 1. The normalized spacial score (nSPS) is 29.9. The van der Waals surface area contributed by atoms with Gasteiger partial charge in [0.15, 0.2) is 5.13 Å². The van der Waals surface area contributed by atoms with E-state index in [0.29, 0.717) is 17.0 Å². The number of carbonyl (C=O) groups is 1. The molecule has 2 saturated carbocycles. The van der Waals surface area contributed by atoms with E-state index in [0.717, 1.165) is 28.8 Å². The highest BCUT2D eigenvalue weighted by molar-refractivity contribution is 7.22. The molecule has 0 radical (unpaired) electrons. The average molecular weight is 317 g/mol. The van der Waals surface area contributed by atoms with Crippen LogP contribution in [-0.4, -0.2) is 24.0 Å². The fraction of sp³-hybridized carbons (Fsp3) is 0.500. The fourth-order valence-corrected chi connectivity index (χ4v) is 4.90. The standard InChI is InChI=1S/C16H19N3O2S/c1-21-10-4-5-11-12(7-10)22-16(18-11)19-15(20)13-8-2-3-9(6-8)14(13)17/h4-5,7-9,13-14H,2-3,6,17H2,1H3,(H,18,19,20). The molecule has 2 aliphatic rings. The van der Waals surface area contributed by atoms with Crippen LogP contribution in [0, 0.1) is 17.8 Å². The maximum Gasteiger partial charge on any atom is 0.231 e. The molecule has 5 nitrogen and oxygen atoms in total. The van der Waals surface area contributed by atoms with Crippen molar-refractivity contribution in [3.05, 3.63) is 18.2 Å². The Kier molecular flexibility index (Phi) is 3.31. The summed E-state index contributed by atoms with van der Waals surface area (Å²) in [6.07, 6.45) is 3.42. The van der Waals surface area contributed by atoms with E-state index in [-0.39, 0.29) is 17.9 Å². The van der Waals surface area contributed by atoms with Crippen molar-refractivity contribution in [2.75, 3.05) is 12.4 Å². The zero-order valence-corrected chi connectivity index (χ0v) is 13.2. The summed E-state index contributed by atoms with van der Waals surface area (Å²) in [7, 11) is 1.64. The lowest BCUT2D eigenvalue weighted by molar-refractivity contribution is -0.121. The Balaban J connectivity index is 1.54. The topological polar surface area (TPSA) is 77.2 Å². The van der Waals surface area contributed by atoms with Crippen LogP contribution in [0.15, 0.2) is 18.2 Å². The van der Waals surface area contributed by atoms with E-state index >= 15 is 0 Å². The van der Waals surface area contributed by atoms with E-state index in [1.54, 1.807) is 7.11 Å². The first-order chi connectivity index (χ1) is 10.7. The number of hydrogen-bond acceptors (Lipinski definition) is 5. The van der Waals surface area contributed by atoms with Gasteiger partial charge in [0.05, 0.1) is 23.2 Å². The fourth-order valence-electron chi connectivity index (χ4n) is 4.00. The quantitative estimate of drug-likeness (QED) is 0.912. The van der Waals surface area contributed by atoms with Crippen molar-refractivity contribution in [3.8, 4) is 5.75 Å². The van der Waals surface area contributed by atoms with Gasteiger partial charge in [-0.1, -0.05) is 11.3 Å². The minimum Gasteiger partial charge on any atom is -0.497 e. The molecule has 6 heteroatoms. The molecule has 2 aliphatic carbocycles. The molecule has 4 unspecified atom stereocenters. The molecular formula is C16H19N3O2S. The van der Waals surface area contributed by atoms with Crippen molar-refractivity contribution in [1.82, 2.24) is 4.98 Å². The molecule has 2 fully saturated rings. The number of carbonyl (C=O) groups excluding carboxylic acids is 1. The summed E-state index contributed by atoms with van der Waals surface area (Å²) in [5.74, 6) is 1.75. The lowest BCUT2D eigenvalue weighted by atomic mass is 9.84. The van der Waals surface area contributed by atoms with Crippen molar-refractivity contribution in [2.24, 2.45) is 23.5 Å². The number of nitrogens with one attached hydrogen (secondary N) is 1. The lowest BCUT2D eigenvalue weighted by Gasteiger charge is -2.26. The SMILES string of the molecule is COc1ccc2nc(NC(=O)C3C4CCC(C4)C3N)sc2c1. The molecule has 1 heterocycles. The maximum absolute atomic E-state index is 12.6. The molecule has 116 valence electrons. The number of thiazole rings is 1. The Hall–Kier alpha value is -1.66. The van der Waals surface area contributed by atoms with Gasteiger partial charge in [-0.3, -0.25) is 4.79 Å². The monoisotopic (exact) mass is 317 g/mol. The van der Waals surface area contributed by atoms with Crippen LogP contribution in [0.2, 0.25) is 0 Å². The molecule has 4 rings (SSSR count). The largest absolute Gasteiger partial charge is 0.497 e. The Morgan fingerprint density at radius 1 is 1.41 bits per heavy atom. The molecule has 2 aromatic rings. The molecule has 4 atom stereocenters. The highest BCUT2D eigenvalue weighted by Gasteiger charge is 2.49. The molecule has 1 amide bonds. The number of anilines is 1. The van der Waals surface area contributed by atoms with Gasteiger partial charge in [0.1, 0.15) is 5.75 Å². The minimum absolute atomic E-state index is 0.00761. The van der Waals surface area contributed by atoms with Gasteiger partial charge in [0.2, 0.25) is 5.91 Å². The van der Waals surface area contributed by atoms with Crippen molar-refractivity contribution in [2.45, 2.75) is 25.3 Å². The first kappa shape index (κ1) is 14.0. The van der Waals surface area contributed by atoms with Gasteiger partial charge in [-0.15, -0.1) is 0 Å². The second-order valence-corrected chi connectivity index (χ2v) is 7.31. The van der Waals surface area contributed by atoms with Crippen LogP contribution in [0.5, 0.6) is 5.75 Å². The Bertz CT molecular complexity index is 727. The second-order valence-electron chi connectivity index (χ2n) is 6.28. The van der Waals surface area contributed by atoms with Crippen molar-refractivity contribution >= 4 is 32.6 Å². The molecular weight excluding hydrogens is 298 g/mol. The number of hydrogen-bond donors (Lipinski definition) is 2. The highest BCUT2D eigenvalue weighted by Crippen LogP contribution is 2.48. The van der Waals surface area contributed by atoms with E-state index in [1.807, 2.05) is 18.2 Å². The number of rotatable bonds is 3. The van der Waals surface area contributed by atoms with Crippen LogP contribution >= 0.6 is 11.3 Å². The first-order valence-corrected chi connectivity index (χ1v) is 8.48. The van der Waals surface area contributed by atoms with Crippen LogP contribution < -0.4 is 15.8 Å². The number of benzene rings is 1. The summed E-state index contributed by atoms with van der Waals surface area (Å²) in [6, 6.07) is 5.72. The third-order valence-electron chi connectivity index (χ3n) is 5.11. The molecule has 1 aromatic heterocycles. The van der Waals surface area contributed by atoms with Gasteiger partial charge in [0, 0.05) is 6.04 Å². The van der Waals surface area contributed by atoms with Crippen molar-refractivity contribution < 1.29 is 9.53 Å². The third-order valence-corrected chi connectivity index (χ3v) is 6.04. The molecule has 0 aliphatic heterocycles. The van der Waals surface area contributed by atoms with E-state index in [9.17, 15) is 4.79 Å². The van der Waals surface area contributed by atoms with Crippen LogP contribution in [0.25, 0.3) is 10.2 Å². The Morgan fingerprint density at radius 2 is 2.23 bits per heavy atom. The summed E-state index contributed by atoms with van der Waals surface area (Å²) in [6.45, 7) is 0. The summed E-state index contributed by atoms with van der Waals surface area (Å²) >= 11 is 1.47. The number of aromatic nitrogens is 1. The van der Waals surface area contributed by atoms with Gasteiger partial charge in [0.25, 0.3) is 0 Å². The van der Waals surface area contributed by atoms with Crippen molar-refractivity contribution in [3.63, 3.8) is 0 Å². The summed E-state index contributed by atoms with van der Waals surface area (Å²) in [5, 5.41) is 3.62. The molecule has 0 saturated heterocycles. The smallest absolute Gasteiger partial charge is 0.231 e. The van der Waals surface area contributed by atoms with Crippen LogP contribution in [0.3, 0.4) is 0 Å². The summed E-state index contributed by atoms with van der Waals surface area (Å²) in [4.78, 5) is 17.0. The molecule has 1 aromatic carbocycles. The maximum atomic E-state index is 12.6. The predicted molar refractivity (Wildman–Crippen MR) is 87.1 cm³/mol. The molecule has 22 heavy (non-hydrogen) atoms. The summed E-state index contributed by atoms with van der Waals surface area (Å²) < 4.78 is 6.22. The Morgan fingerprint density at radius 3 is 2.95 bits per heavy atom. The van der Waals surface area contributed by atoms with Gasteiger partial charge >= 0.3 is 0 Å². The predicted octanol–water partition coefficient (Wildman–Crippen LogP) is 2.62. The van der Waals surface area contributed by atoms with Crippen LogP contribution in [0.4, 0.5) is 5.13 Å². The summed E-state index contributed by atoms with van der Waals surface area (Å²) in [5.41, 5.74) is 7.11. The molecule has 3 N–H and O–H groups in total. The van der Waals surface area contributed by atoms with Gasteiger partial charge in [-0.2, -0.15) is 0 Å². The zero-order chi connectivity index (χ0) is 15.3. The number of nitrogens with zero attached hydrogens (tertiary/aromatic N) is 1. The van der Waals surface area contributed by atoms with Gasteiger partial charge in [-0.25, -0.2) is 4.98 Å². The van der Waals surface area contributed by atoms with E-state index in [1.165, 1.54) is 17.8 Å². The van der Waals surface area contributed by atoms with Gasteiger partial charge < -0.3 is 15.8 Å². The lowest BCUT2D eigenvalue weighted by Crippen LogP contribution is -2.42. The number of methoxy groups -OCH3 is 1. The average Bonchev–Trinajstić information content (AvgIpc) is 3.19. The van der Waals surface area contributed by atoms with E-state index in [4.69, 9.17) is 10.5 Å². The minimum atomic E-state index is -0.0553. The number of ether oxygens (including phenoxy) is 1.